The molecule has 34 heavy (non-hydrogen) atoms. The van der Waals surface area contributed by atoms with Gasteiger partial charge in [0.2, 0.25) is 0 Å². The molecular formula is C25H26N4O5. The van der Waals surface area contributed by atoms with E-state index in [-0.39, 0.29) is 5.91 Å². The number of nitrogens with one attached hydrogen (secondary N) is 2. The fourth-order valence-electron chi connectivity index (χ4n) is 2.95. The number of benzene rings is 3. The summed E-state index contributed by atoms with van der Waals surface area (Å²) in [7, 11) is 6.31. The normalized spacial score (nSPS) is 10.8. The highest BCUT2D eigenvalue weighted by Gasteiger charge is 2.06. The number of amides is 1. The summed E-state index contributed by atoms with van der Waals surface area (Å²) in [6.45, 7) is 0. The first-order chi connectivity index (χ1) is 16.6. The molecule has 1 amide bonds. The number of rotatable bonds is 10. The zero-order chi connectivity index (χ0) is 24.3. The minimum absolute atomic E-state index is 0.346. The van der Waals surface area contributed by atoms with Crippen molar-refractivity contribution in [3.05, 3.63) is 77.4 Å². The monoisotopic (exact) mass is 462 g/mol. The van der Waals surface area contributed by atoms with Crippen molar-refractivity contribution in [2.24, 2.45) is 10.2 Å². The zero-order valence-corrected chi connectivity index (χ0v) is 19.4. The van der Waals surface area contributed by atoms with Gasteiger partial charge >= 0.3 is 0 Å². The Balaban J connectivity index is 1.57. The SMILES string of the molecule is COc1ccc(/C=N/NC(=O)c2ccc(N/N=C/c3ccc(OC)cc3OC)cc2)c(OC)c1. The Morgan fingerprint density at radius 2 is 1.24 bits per heavy atom. The Bertz CT molecular complexity index is 1180. The lowest BCUT2D eigenvalue weighted by molar-refractivity contribution is 0.0955. The van der Waals surface area contributed by atoms with Crippen molar-refractivity contribution < 1.29 is 23.7 Å². The molecule has 3 aromatic rings. The first-order valence-corrected chi connectivity index (χ1v) is 10.2. The Labute approximate surface area is 198 Å². The smallest absolute Gasteiger partial charge is 0.271 e. The van der Waals surface area contributed by atoms with Gasteiger partial charge in [0.25, 0.3) is 5.91 Å². The van der Waals surface area contributed by atoms with Crippen LogP contribution in [0.1, 0.15) is 21.5 Å². The van der Waals surface area contributed by atoms with E-state index in [1.54, 1.807) is 83.2 Å². The fraction of sp³-hybridized carbons (Fsp3) is 0.160. The average Bonchev–Trinajstić information content (AvgIpc) is 2.89. The predicted octanol–water partition coefficient (Wildman–Crippen LogP) is 3.93. The number of methoxy groups -OCH3 is 4. The summed E-state index contributed by atoms with van der Waals surface area (Å²) in [5.41, 5.74) is 8.08. The summed E-state index contributed by atoms with van der Waals surface area (Å²) in [6.07, 6.45) is 3.15. The Morgan fingerprint density at radius 3 is 1.74 bits per heavy atom. The van der Waals surface area contributed by atoms with E-state index in [0.717, 1.165) is 5.56 Å². The highest BCUT2D eigenvalue weighted by atomic mass is 16.5. The van der Waals surface area contributed by atoms with Crippen LogP contribution in [0.5, 0.6) is 23.0 Å². The van der Waals surface area contributed by atoms with Crippen LogP contribution in [0.3, 0.4) is 0 Å². The number of ether oxygens (including phenoxy) is 4. The van der Waals surface area contributed by atoms with E-state index in [1.165, 1.54) is 6.21 Å². The minimum Gasteiger partial charge on any atom is -0.497 e. The van der Waals surface area contributed by atoms with Gasteiger partial charge in [-0.2, -0.15) is 10.2 Å². The van der Waals surface area contributed by atoms with Crippen LogP contribution in [0.15, 0.2) is 70.9 Å². The van der Waals surface area contributed by atoms with E-state index >= 15 is 0 Å². The molecule has 9 nitrogen and oxygen atoms in total. The molecule has 0 aromatic heterocycles. The van der Waals surface area contributed by atoms with E-state index < -0.39 is 0 Å². The van der Waals surface area contributed by atoms with Crippen LogP contribution in [0.4, 0.5) is 5.69 Å². The topological polar surface area (TPSA) is 103 Å². The van der Waals surface area contributed by atoms with Crippen molar-refractivity contribution in [1.82, 2.24) is 5.43 Å². The lowest BCUT2D eigenvalue weighted by Crippen LogP contribution is -2.17. The van der Waals surface area contributed by atoms with Crippen molar-refractivity contribution >= 4 is 24.0 Å². The van der Waals surface area contributed by atoms with Gasteiger partial charge in [0.1, 0.15) is 23.0 Å². The van der Waals surface area contributed by atoms with Gasteiger partial charge < -0.3 is 18.9 Å². The number of hydrazone groups is 2. The zero-order valence-electron chi connectivity index (χ0n) is 19.4. The van der Waals surface area contributed by atoms with Gasteiger partial charge in [-0.3, -0.25) is 10.2 Å². The maximum absolute atomic E-state index is 12.4. The lowest BCUT2D eigenvalue weighted by Gasteiger charge is -2.07. The van der Waals surface area contributed by atoms with Crippen molar-refractivity contribution in [3.8, 4) is 23.0 Å². The van der Waals surface area contributed by atoms with Gasteiger partial charge in [-0.1, -0.05) is 0 Å². The number of nitrogens with zero attached hydrogens (tertiary/aromatic N) is 2. The van der Waals surface area contributed by atoms with Gasteiger partial charge in [-0.05, 0) is 48.5 Å². The molecule has 0 bridgehead atoms. The minimum atomic E-state index is -0.346. The second-order valence-electron chi connectivity index (χ2n) is 6.86. The molecule has 0 unspecified atom stereocenters. The number of carbonyl (C=O) groups excluding carboxylic acids is 1. The average molecular weight is 463 g/mol. The van der Waals surface area contributed by atoms with Crippen molar-refractivity contribution in [2.75, 3.05) is 33.9 Å². The molecule has 0 spiro atoms. The predicted molar refractivity (Wildman–Crippen MR) is 132 cm³/mol. The third kappa shape index (κ3) is 6.26. The van der Waals surface area contributed by atoms with Gasteiger partial charge in [-0.25, -0.2) is 5.43 Å². The molecule has 0 heterocycles. The molecule has 0 saturated carbocycles. The van der Waals surface area contributed by atoms with Crippen molar-refractivity contribution in [1.29, 1.82) is 0 Å². The number of hydrogen-bond acceptors (Lipinski definition) is 8. The van der Waals surface area contributed by atoms with Gasteiger partial charge in [0, 0.05) is 28.8 Å². The van der Waals surface area contributed by atoms with Crippen LogP contribution in [-0.4, -0.2) is 46.8 Å². The molecule has 3 rings (SSSR count). The summed E-state index contributed by atoms with van der Waals surface area (Å²) >= 11 is 0. The molecule has 176 valence electrons. The fourth-order valence-corrected chi connectivity index (χ4v) is 2.95. The quantitative estimate of drug-likeness (QED) is 0.350. The highest BCUT2D eigenvalue weighted by molar-refractivity contribution is 5.95. The first-order valence-electron chi connectivity index (χ1n) is 10.2. The molecule has 9 heteroatoms. The van der Waals surface area contributed by atoms with E-state index in [4.69, 9.17) is 18.9 Å². The van der Waals surface area contributed by atoms with E-state index in [9.17, 15) is 4.79 Å². The number of anilines is 1. The molecule has 2 N–H and O–H groups in total. The molecule has 0 saturated heterocycles. The van der Waals surface area contributed by atoms with Crippen LogP contribution in [0.25, 0.3) is 0 Å². The van der Waals surface area contributed by atoms with Crippen LogP contribution < -0.4 is 29.8 Å². The molecule has 3 aromatic carbocycles. The molecular weight excluding hydrogens is 436 g/mol. The second kappa shape index (κ2) is 11.9. The Hall–Kier alpha value is -4.53. The summed E-state index contributed by atoms with van der Waals surface area (Å²) in [5.74, 6) is 2.24. The summed E-state index contributed by atoms with van der Waals surface area (Å²) in [4.78, 5) is 12.4. The van der Waals surface area contributed by atoms with E-state index in [2.05, 4.69) is 21.1 Å². The molecule has 0 aliphatic rings. The molecule has 0 aliphatic heterocycles. The highest BCUT2D eigenvalue weighted by Crippen LogP contribution is 2.24. The van der Waals surface area contributed by atoms with Crippen LogP contribution in [-0.2, 0) is 0 Å². The summed E-state index contributed by atoms with van der Waals surface area (Å²) in [6, 6.07) is 17.6. The molecule has 0 radical (unpaired) electrons. The lowest BCUT2D eigenvalue weighted by atomic mass is 10.2. The Morgan fingerprint density at radius 1 is 0.706 bits per heavy atom. The van der Waals surface area contributed by atoms with Crippen LogP contribution in [0.2, 0.25) is 0 Å². The van der Waals surface area contributed by atoms with E-state index in [0.29, 0.717) is 39.8 Å². The van der Waals surface area contributed by atoms with Crippen molar-refractivity contribution in [2.45, 2.75) is 0 Å². The second-order valence-corrected chi connectivity index (χ2v) is 6.86. The standard InChI is InChI=1S/C25H26N4O5/c1-31-21-11-7-18(23(13-21)33-3)15-26-28-20-9-5-17(6-10-20)25(30)29-27-16-19-8-12-22(32-2)14-24(19)34-4/h5-16,28H,1-4H3,(H,29,30)/b26-15+,27-16+. The summed E-state index contributed by atoms with van der Waals surface area (Å²) in [5, 5.41) is 8.23. The van der Waals surface area contributed by atoms with Gasteiger partial charge in [-0.15, -0.1) is 0 Å². The first kappa shape index (κ1) is 24.1. The summed E-state index contributed by atoms with van der Waals surface area (Å²) < 4.78 is 21.0. The van der Waals surface area contributed by atoms with Crippen LogP contribution in [0, 0.1) is 0 Å². The number of carbonyl (C=O) groups is 1. The third-order valence-electron chi connectivity index (χ3n) is 4.80. The maximum atomic E-state index is 12.4. The molecule has 0 fully saturated rings. The van der Waals surface area contributed by atoms with Gasteiger partial charge in [0.05, 0.1) is 46.6 Å². The maximum Gasteiger partial charge on any atom is 0.271 e. The number of hydrogen-bond donors (Lipinski definition) is 2. The Kier molecular flexibility index (Phi) is 8.45. The van der Waals surface area contributed by atoms with Gasteiger partial charge in [0.15, 0.2) is 0 Å². The molecule has 0 atom stereocenters. The van der Waals surface area contributed by atoms with Crippen LogP contribution >= 0.6 is 0 Å². The third-order valence-corrected chi connectivity index (χ3v) is 4.80. The largest absolute Gasteiger partial charge is 0.497 e. The van der Waals surface area contributed by atoms with Crippen molar-refractivity contribution in [3.63, 3.8) is 0 Å². The molecule has 0 aliphatic carbocycles. The van der Waals surface area contributed by atoms with E-state index in [1.807, 2.05) is 12.1 Å².